The molecule has 21 heavy (non-hydrogen) atoms. The fourth-order valence-corrected chi connectivity index (χ4v) is 2.48. The molecule has 1 heterocycles. The second-order valence-corrected chi connectivity index (χ2v) is 4.95. The third-order valence-electron chi connectivity index (χ3n) is 3.41. The van der Waals surface area contributed by atoms with Crippen molar-refractivity contribution >= 4 is 16.7 Å². The van der Waals surface area contributed by atoms with Crippen LogP contribution in [0.3, 0.4) is 0 Å². The molecule has 3 rings (SSSR count). The lowest BCUT2D eigenvalue weighted by atomic mass is 10.1. The molecule has 2 N–H and O–H groups in total. The molecule has 0 fully saturated rings. The number of rotatable bonds is 3. The van der Waals surface area contributed by atoms with E-state index in [1.54, 1.807) is 6.07 Å². The Morgan fingerprint density at radius 2 is 1.81 bits per heavy atom. The maximum absolute atomic E-state index is 13.5. The van der Waals surface area contributed by atoms with E-state index in [1.165, 1.54) is 30.3 Å². The maximum Gasteiger partial charge on any atom is 0.143 e. The van der Waals surface area contributed by atoms with Crippen LogP contribution in [0.1, 0.15) is 13.3 Å². The summed E-state index contributed by atoms with van der Waals surface area (Å²) < 4.78 is 28.8. The van der Waals surface area contributed by atoms with Gasteiger partial charge in [-0.3, -0.25) is 0 Å². The van der Waals surface area contributed by atoms with Crippen molar-refractivity contribution in [1.29, 1.82) is 0 Å². The SMILES string of the molecule is CCCn1c(-c2cc(F)ccc2N)nc2cc(F)ccc21. The van der Waals surface area contributed by atoms with Crippen molar-refractivity contribution in [2.24, 2.45) is 0 Å². The zero-order chi connectivity index (χ0) is 15.0. The fourth-order valence-electron chi connectivity index (χ4n) is 2.48. The first-order valence-electron chi connectivity index (χ1n) is 6.81. The quantitative estimate of drug-likeness (QED) is 0.741. The van der Waals surface area contributed by atoms with Gasteiger partial charge in [0.05, 0.1) is 11.0 Å². The minimum Gasteiger partial charge on any atom is -0.398 e. The Kier molecular flexibility index (Phi) is 3.33. The van der Waals surface area contributed by atoms with E-state index in [-0.39, 0.29) is 11.6 Å². The van der Waals surface area contributed by atoms with Crippen molar-refractivity contribution in [1.82, 2.24) is 9.55 Å². The molecule has 5 heteroatoms. The summed E-state index contributed by atoms with van der Waals surface area (Å²) >= 11 is 0. The van der Waals surface area contributed by atoms with Gasteiger partial charge in [0.1, 0.15) is 17.5 Å². The monoisotopic (exact) mass is 287 g/mol. The predicted molar refractivity (Wildman–Crippen MR) is 79.8 cm³/mol. The number of aromatic nitrogens is 2. The average Bonchev–Trinajstić information content (AvgIpc) is 2.80. The highest BCUT2D eigenvalue weighted by Gasteiger charge is 2.15. The zero-order valence-corrected chi connectivity index (χ0v) is 11.6. The van der Waals surface area contributed by atoms with Crippen LogP contribution in [0, 0.1) is 11.6 Å². The molecule has 108 valence electrons. The van der Waals surface area contributed by atoms with E-state index in [0.717, 1.165) is 11.9 Å². The topological polar surface area (TPSA) is 43.8 Å². The minimum atomic E-state index is -0.375. The third kappa shape index (κ3) is 2.35. The normalized spacial score (nSPS) is 11.2. The summed E-state index contributed by atoms with van der Waals surface area (Å²) in [5.74, 6) is -0.155. The van der Waals surface area contributed by atoms with E-state index in [0.29, 0.717) is 29.1 Å². The number of hydrogen-bond acceptors (Lipinski definition) is 2. The second kappa shape index (κ2) is 5.16. The number of nitrogen functional groups attached to an aromatic ring is 1. The van der Waals surface area contributed by atoms with Crippen LogP contribution < -0.4 is 5.73 Å². The first kappa shape index (κ1) is 13.5. The Bertz CT molecular complexity index is 809. The van der Waals surface area contributed by atoms with Crippen LogP contribution >= 0.6 is 0 Å². The number of hydrogen-bond donors (Lipinski definition) is 1. The van der Waals surface area contributed by atoms with Gasteiger partial charge >= 0.3 is 0 Å². The summed E-state index contributed by atoms with van der Waals surface area (Å²) in [5.41, 5.74) is 8.28. The summed E-state index contributed by atoms with van der Waals surface area (Å²) in [6, 6.07) is 8.65. The molecule has 0 aliphatic rings. The van der Waals surface area contributed by atoms with E-state index in [2.05, 4.69) is 4.98 Å². The minimum absolute atomic E-state index is 0.345. The molecule has 0 radical (unpaired) electrons. The van der Waals surface area contributed by atoms with Crippen molar-refractivity contribution < 1.29 is 8.78 Å². The fraction of sp³-hybridized carbons (Fsp3) is 0.188. The lowest BCUT2D eigenvalue weighted by molar-refractivity contribution is 0.628. The van der Waals surface area contributed by atoms with E-state index < -0.39 is 0 Å². The molecule has 0 aliphatic carbocycles. The molecular weight excluding hydrogens is 272 g/mol. The molecule has 0 bridgehead atoms. The van der Waals surface area contributed by atoms with Crippen molar-refractivity contribution in [2.45, 2.75) is 19.9 Å². The third-order valence-corrected chi connectivity index (χ3v) is 3.41. The van der Waals surface area contributed by atoms with Gasteiger partial charge in [0.25, 0.3) is 0 Å². The molecule has 0 spiro atoms. The molecule has 0 aliphatic heterocycles. The Labute approximate surface area is 121 Å². The van der Waals surface area contributed by atoms with Crippen LogP contribution in [0.4, 0.5) is 14.5 Å². The van der Waals surface area contributed by atoms with Crippen LogP contribution in [-0.4, -0.2) is 9.55 Å². The van der Waals surface area contributed by atoms with Gasteiger partial charge in [0.15, 0.2) is 0 Å². The average molecular weight is 287 g/mol. The number of fused-ring (bicyclic) bond motifs is 1. The lowest BCUT2D eigenvalue weighted by Crippen LogP contribution is -2.02. The van der Waals surface area contributed by atoms with E-state index >= 15 is 0 Å². The number of benzene rings is 2. The highest BCUT2D eigenvalue weighted by atomic mass is 19.1. The molecule has 1 aromatic heterocycles. The highest BCUT2D eigenvalue weighted by molar-refractivity contribution is 5.83. The molecule has 0 atom stereocenters. The number of halogens is 2. The van der Waals surface area contributed by atoms with Gasteiger partial charge in [0.2, 0.25) is 0 Å². The summed E-state index contributed by atoms with van der Waals surface area (Å²) in [4.78, 5) is 4.44. The molecule has 0 saturated heterocycles. The summed E-state index contributed by atoms with van der Waals surface area (Å²) in [6.45, 7) is 2.74. The van der Waals surface area contributed by atoms with Gasteiger partial charge in [-0.15, -0.1) is 0 Å². The Morgan fingerprint density at radius 3 is 2.57 bits per heavy atom. The van der Waals surface area contributed by atoms with Gasteiger partial charge in [0, 0.05) is 23.9 Å². The molecule has 0 unspecified atom stereocenters. The van der Waals surface area contributed by atoms with Gasteiger partial charge in [-0.05, 0) is 36.8 Å². The van der Waals surface area contributed by atoms with E-state index in [1.807, 2.05) is 11.5 Å². The number of nitrogens with two attached hydrogens (primary N) is 1. The zero-order valence-electron chi connectivity index (χ0n) is 11.6. The predicted octanol–water partition coefficient (Wildman–Crippen LogP) is 3.97. The van der Waals surface area contributed by atoms with E-state index in [4.69, 9.17) is 5.73 Å². The van der Waals surface area contributed by atoms with Crippen LogP contribution in [0.2, 0.25) is 0 Å². The van der Waals surface area contributed by atoms with Crippen LogP contribution in [0.15, 0.2) is 36.4 Å². The number of nitrogens with zero attached hydrogens (tertiary/aromatic N) is 2. The summed E-state index contributed by atoms with van der Waals surface area (Å²) in [6.07, 6.45) is 0.880. The molecular formula is C16H15F2N3. The Balaban J connectivity index is 2.30. The molecule has 0 saturated carbocycles. The van der Waals surface area contributed by atoms with Gasteiger partial charge in [-0.2, -0.15) is 0 Å². The largest absolute Gasteiger partial charge is 0.398 e. The molecule has 2 aromatic carbocycles. The highest BCUT2D eigenvalue weighted by Crippen LogP contribution is 2.30. The van der Waals surface area contributed by atoms with Crippen molar-refractivity contribution in [3.05, 3.63) is 48.0 Å². The first-order valence-corrected chi connectivity index (χ1v) is 6.81. The second-order valence-electron chi connectivity index (χ2n) is 4.95. The lowest BCUT2D eigenvalue weighted by Gasteiger charge is -2.10. The van der Waals surface area contributed by atoms with Crippen LogP contribution in [0.5, 0.6) is 0 Å². The van der Waals surface area contributed by atoms with Gasteiger partial charge in [-0.25, -0.2) is 13.8 Å². The standard InChI is InChI=1S/C16H15F2N3/c1-2-7-21-15-6-4-11(18)9-14(15)20-16(21)12-8-10(17)3-5-13(12)19/h3-6,8-9H,2,7,19H2,1H3. The van der Waals surface area contributed by atoms with Gasteiger partial charge < -0.3 is 10.3 Å². The maximum atomic E-state index is 13.5. The van der Waals surface area contributed by atoms with Crippen LogP contribution in [-0.2, 0) is 6.54 Å². The van der Waals surface area contributed by atoms with Crippen molar-refractivity contribution in [2.75, 3.05) is 5.73 Å². The molecule has 3 aromatic rings. The Hall–Kier alpha value is -2.43. The van der Waals surface area contributed by atoms with E-state index in [9.17, 15) is 8.78 Å². The Morgan fingerprint density at radius 1 is 1.10 bits per heavy atom. The first-order chi connectivity index (χ1) is 10.1. The van der Waals surface area contributed by atoms with Crippen molar-refractivity contribution in [3.63, 3.8) is 0 Å². The summed E-state index contributed by atoms with van der Waals surface area (Å²) in [7, 11) is 0. The summed E-state index contributed by atoms with van der Waals surface area (Å²) in [5, 5.41) is 0. The molecule has 0 amide bonds. The number of aryl methyl sites for hydroxylation is 1. The van der Waals surface area contributed by atoms with Crippen molar-refractivity contribution in [3.8, 4) is 11.4 Å². The number of imidazole rings is 1. The molecule has 3 nitrogen and oxygen atoms in total. The number of anilines is 1. The van der Waals surface area contributed by atoms with Crippen LogP contribution in [0.25, 0.3) is 22.4 Å². The smallest absolute Gasteiger partial charge is 0.143 e. The van der Waals surface area contributed by atoms with Gasteiger partial charge in [-0.1, -0.05) is 6.92 Å².